The van der Waals surface area contributed by atoms with Crippen LogP contribution in [0.3, 0.4) is 0 Å². The molecule has 3 aromatic rings. The number of hydrogen-bond acceptors (Lipinski definition) is 3. The van der Waals surface area contributed by atoms with Gasteiger partial charge >= 0.3 is 6.18 Å². The van der Waals surface area contributed by atoms with Crippen molar-refractivity contribution in [2.24, 2.45) is 0 Å². The maximum atomic E-state index is 13.6. The van der Waals surface area contributed by atoms with Crippen LogP contribution in [0, 0.1) is 27.7 Å². The number of amides is 2. The third kappa shape index (κ3) is 4.33. The topological polar surface area (TPSA) is 49.4 Å². The Morgan fingerprint density at radius 1 is 0.765 bits per heavy atom. The van der Waals surface area contributed by atoms with Crippen LogP contribution < -0.4 is 10.2 Å². The van der Waals surface area contributed by atoms with Crippen molar-refractivity contribution >= 4 is 28.8 Å². The Kier molecular flexibility index (Phi) is 5.81. The molecule has 0 saturated carbocycles. The monoisotopic (exact) mass is 464 g/mol. The van der Waals surface area contributed by atoms with Crippen molar-refractivity contribution in [2.75, 3.05) is 10.2 Å². The highest BCUT2D eigenvalue weighted by atomic mass is 19.4. The van der Waals surface area contributed by atoms with Crippen LogP contribution in [0.4, 0.5) is 24.5 Å². The summed E-state index contributed by atoms with van der Waals surface area (Å²) in [5, 5.41) is 2.81. The molecule has 4 rings (SSSR count). The lowest BCUT2D eigenvalue weighted by atomic mass is 9.99. The molecule has 4 nitrogen and oxygen atoms in total. The lowest BCUT2D eigenvalue weighted by molar-refractivity contribution is -0.137. The number of nitrogens with one attached hydrogen (secondary N) is 1. The summed E-state index contributed by atoms with van der Waals surface area (Å²) in [4.78, 5) is 28.2. The zero-order valence-corrected chi connectivity index (χ0v) is 19.2. The minimum absolute atomic E-state index is 0.0632. The van der Waals surface area contributed by atoms with E-state index in [1.807, 2.05) is 39.8 Å². The fourth-order valence-corrected chi connectivity index (χ4v) is 4.04. The van der Waals surface area contributed by atoms with E-state index in [9.17, 15) is 22.8 Å². The van der Waals surface area contributed by atoms with Gasteiger partial charge < -0.3 is 5.32 Å². The summed E-state index contributed by atoms with van der Waals surface area (Å²) in [6, 6.07) is 15.3. The zero-order chi connectivity index (χ0) is 24.8. The number of nitrogens with zero attached hydrogens (tertiary/aromatic N) is 1. The van der Waals surface area contributed by atoms with Crippen molar-refractivity contribution in [1.29, 1.82) is 0 Å². The molecule has 0 aliphatic carbocycles. The predicted octanol–water partition coefficient (Wildman–Crippen LogP) is 6.34. The molecule has 0 saturated heterocycles. The molecule has 0 atom stereocenters. The number of hydrogen-bond donors (Lipinski definition) is 1. The lowest BCUT2D eigenvalue weighted by Gasteiger charge is -2.17. The molecule has 1 heterocycles. The van der Waals surface area contributed by atoms with Crippen LogP contribution in [0.1, 0.15) is 33.4 Å². The summed E-state index contributed by atoms with van der Waals surface area (Å²) in [5.74, 6) is -1.16. The van der Waals surface area contributed by atoms with Gasteiger partial charge in [-0.25, -0.2) is 4.90 Å². The summed E-state index contributed by atoms with van der Waals surface area (Å²) < 4.78 is 39.7. The van der Waals surface area contributed by atoms with E-state index >= 15 is 0 Å². The second kappa shape index (κ2) is 8.48. The van der Waals surface area contributed by atoms with Gasteiger partial charge in [-0.05, 0) is 85.8 Å². The summed E-state index contributed by atoms with van der Waals surface area (Å²) in [7, 11) is 0. The predicted molar refractivity (Wildman–Crippen MR) is 126 cm³/mol. The van der Waals surface area contributed by atoms with Gasteiger partial charge in [-0.2, -0.15) is 13.2 Å². The Morgan fingerprint density at radius 2 is 1.44 bits per heavy atom. The number of rotatable bonds is 4. The molecule has 2 amide bonds. The van der Waals surface area contributed by atoms with Crippen LogP contribution in [-0.4, -0.2) is 11.8 Å². The van der Waals surface area contributed by atoms with Gasteiger partial charge in [0.25, 0.3) is 11.8 Å². The Morgan fingerprint density at radius 3 is 2.06 bits per heavy atom. The van der Waals surface area contributed by atoms with Gasteiger partial charge in [-0.1, -0.05) is 30.3 Å². The average molecular weight is 464 g/mol. The van der Waals surface area contributed by atoms with Crippen LogP contribution in [0.25, 0.3) is 5.57 Å². The Balaban J connectivity index is 1.86. The first kappa shape index (κ1) is 23.3. The van der Waals surface area contributed by atoms with Gasteiger partial charge in [0, 0.05) is 5.69 Å². The number of halogens is 3. The zero-order valence-electron chi connectivity index (χ0n) is 19.2. The van der Waals surface area contributed by atoms with Crippen molar-refractivity contribution < 1.29 is 22.8 Å². The lowest BCUT2D eigenvalue weighted by Crippen LogP contribution is -2.32. The molecule has 3 aromatic carbocycles. The van der Waals surface area contributed by atoms with E-state index in [-0.39, 0.29) is 17.0 Å². The summed E-state index contributed by atoms with van der Waals surface area (Å²) in [5.41, 5.74) is 3.88. The molecule has 0 fully saturated rings. The quantitative estimate of drug-likeness (QED) is 0.459. The molecule has 0 aromatic heterocycles. The summed E-state index contributed by atoms with van der Waals surface area (Å²) in [6.07, 6.45) is -4.54. The van der Waals surface area contributed by atoms with Gasteiger partial charge in [0.2, 0.25) is 0 Å². The largest absolute Gasteiger partial charge is 0.416 e. The average Bonchev–Trinajstić information content (AvgIpc) is 2.98. The van der Waals surface area contributed by atoms with Crippen molar-refractivity contribution in [3.05, 3.63) is 99.7 Å². The SMILES string of the molecule is Cc1cc(C)cc(N2C(=O)C(Nc3cccc(C(F)(F)F)c3)=C(c3ccc(C)c(C)c3)C2=O)c1. The molecule has 0 unspecified atom stereocenters. The van der Waals surface area contributed by atoms with Crippen LogP contribution in [0.2, 0.25) is 0 Å². The first-order chi connectivity index (χ1) is 16.0. The van der Waals surface area contributed by atoms with Gasteiger partial charge in [-0.15, -0.1) is 0 Å². The molecule has 1 aliphatic rings. The fourth-order valence-electron chi connectivity index (χ4n) is 4.04. The minimum Gasteiger partial charge on any atom is -0.350 e. The first-order valence-electron chi connectivity index (χ1n) is 10.7. The molecular formula is C27H23F3N2O2. The number of aryl methyl sites for hydroxylation is 4. The van der Waals surface area contributed by atoms with Crippen molar-refractivity contribution in [3.63, 3.8) is 0 Å². The van der Waals surface area contributed by atoms with Crippen molar-refractivity contribution in [1.82, 2.24) is 0 Å². The molecule has 34 heavy (non-hydrogen) atoms. The second-order valence-electron chi connectivity index (χ2n) is 8.54. The molecular weight excluding hydrogens is 441 g/mol. The standard InChI is InChI=1S/C27H23F3N2O2/c1-15-10-16(2)12-22(11-15)32-25(33)23(19-9-8-17(3)18(4)13-19)24(26(32)34)31-21-7-5-6-20(14-21)27(28,29)30/h5-14,31H,1-4H3. The molecule has 1 aliphatic heterocycles. The molecule has 174 valence electrons. The maximum Gasteiger partial charge on any atom is 0.416 e. The van der Waals surface area contributed by atoms with Gasteiger partial charge in [-0.3, -0.25) is 9.59 Å². The molecule has 1 N–H and O–H groups in total. The normalized spacial score (nSPS) is 14.3. The third-order valence-corrected chi connectivity index (χ3v) is 5.80. The van der Waals surface area contributed by atoms with Gasteiger partial charge in [0.1, 0.15) is 5.70 Å². The minimum atomic E-state index is -4.54. The maximum absolute atomic E-state index is 13.6. The molecule has 0 bridgehead atoms. The summed E-state index contributed by atoms with van der Waals surface area (Å²) >= 11 is 0. The summed E-state index contributed by atoms with van der Waals surface area (Å²) in [6.45, 7) is 7.54. The number of carbonyl (C=O) groups excluding carboxylic acids is 2. The van der Waals surface area contributed by atoms with Crippen molar-refractivity contribution in [2.45, 2.75) is 33.9 Å². The number of alkyl halides is 3. The van der Waals surface area contributed by atoms with Gasteiger partial charge in [0.05, 0.1) is 16.8 Å². The van der Waals surface area contributed by atoms with E-state index in [0.29, 0.717) is 11.3 Å². The van der Waals surface area contributed by atoms with E-state index in [2.05, 4.69) is 5.32 Å². The Hall–Kier alpha value is -3.87. The third-order valence-electron chi connectivity index (χ3n) is 5.80. The van der Waals surface area contributed by atoms with E-state index in [1.165, 1.54) is 12.1 Å². The van der Waals surface area contributed by atoms with E-state index in [0.717, 1.165) is 39.3 Å². The highest BCUT2D eigenvalue weighted by Crippen LogP contribution is 2.36. The Bertz CT molecular complexity index is 1340. The Labute approximate surface area is 195 Å². The highest BCUT2D eigenvalue weighted by molar-refractivity contribution is 6.46. The highest BCUT2D eigenvalue weighted by Gasteiger charge is 2.40. The fraction of sp³-hybridized carbons (Fsp3) is 0.185. The number of carbonyl (C=O) groups is 2. The number of anilines is 2. The van der Waals surface area contributed by atoms with E-state index in [1.54, 1.807) is 24.3 Å². The van der Waals surface area contributed by atoms with Crippen LogP contribution in [0.15, 0.2) is 66.4 Å². The molecule has 0 spiro atoms. The first-order valence-corrected chi connectivity index (χ1v) is 10.7. The van der Waals surface area contributed by atoms with Crippen molar-refractivity contribution in [3.8, 4) is 0 Å². The second-order valence-corrected chi connectivity index (χ2v) is 8.54. The molecule has 0 radical (unpaired) electrons. The number of imide groups is 1. The van der Waals surface area contributed by atoms with E-state index in [4.69, 9.17) is 0 Å². The van der Waals surface area contributed by atoms with Crippen LogP contribution >= 0.6 is 0 Å². The smallest absolute Gasteiger partial charge is 0.350 e. The van der Waals surface area contributed by atoms with Crippen LogP contribution in [0.5, 0.6) is 0 Å². The van der Waals surface area contributed by atoms with E-state index < -0.39 is 23.6 Å². The van der Waals surface area contributed by atoms with Crippen LogP contribution in [-0.2, 0) is 15.8 Å². The molecule has 7 heteroatoms. The number of benzene rings is 3. The van der Waals surface area contributed by atoms with Gasteiger partial charge in [0.15, 0.2) is 0 Å².